The fourth-order valence-electron chi connectivity index (χ4n) is 1.61. The van der Waals surface area contributed by atoms with Gasteiger partial charge in [0.25, 0.3) is 11.6 Å². The number of carbonyl (C=O) groups excluding carboxylic acids is 1. The number of nitro benzene ring substituents is 1. The van der Waals surface area contributed by atoms with E-state index in [9.17, 15) is 14.9 Å². The minimum absolute atomic E-state index is 0.0108. The summed E-state index contributed by atoms with van der Waals surface area (Å²) in [4.78, 5) is 22.5. The lowest BCUT2D eigenvalue weighted by atomic mass is 10.2. The van der Waals surface area contributed by atoms with Crippen LogP contribution < -0.4 is 5.32 Å². The summed E-state index contributed by atoms with van der Waals surface area (Å²) in [5.41, 5.74) is 0.576. The van der Waals surface area contributed by atoms with Gasteiger partial charge < -0.3 is 5.32 Å². The molecule has 7 nitrogen and oxygen atoms in total. The first kappa shape index (κ1) is 15.1. The molecule has 0 aliphatic rings. The molecule has 9 heteroatoms. The van der Waals surface area contributed by atoms with Gasteiger partial charge in [-0.25, -0.2) is 0 Å². The molecule has 108 valence electrons. The van der Waals surface area contributed by atoms with Crippen molar-refractivity contribution in [2.24, 2.45) is 0 Å². The maximum atomic E-state index is 12.1. The average molecular weight is 327 g/mol. The molecule has 0 bridgehead atoms. The Morgan fingerprint density at radius 2 is 2.00 bits per heavy atom. The van der Waals surface area contributed by atoms with Crippen molar-refractivity contribution in [3.05, 3.63) is 55.8 Å². The Balaban J connectivity index is 2.38. The number of benzene rings is 1. The van der Waals surface area contributed by atoms with E-state index < -0.39 is 10.8 Å². The Labute approximate surface area is 129 Å². The minimum Gasteiger partial charge on any atom is -0.316 e. The molecule has 0 saturated heterocycles. The fraction of sp³-hybridized carbons (Fsp3) is 0.0833. The molecule has 2 aromatic rings. The number of rotatable bonds is 3. The van der Waals surface area contributed by atoms with E-state index in [4.69, 9.17) is 23.2 Å². The number of nitrogens with zero attached hydrogens (tertiary/aromatic N) is 3. The Morgan fingerprint density at radius 3 is 2.67 bits per heavy atom. The van der Waals surface area contributed by atoms with Gasteiger partial charge in [0.15, 0.2) is 10.3 Å². The van der Waals surface area contributed by atoms with Crippen molar-refractivity contribution in [2.45, 2.75) is 6.92 Å². The lowest BCUT2D eigenvalue weighted by Gasteiger charge is -2.07. The van der Waals surface area contributed by atoms with Crippen LogP contribution >= 0.6 is 23.2 Å². The molecule has 0 aliphatic carbocycles. The van der Waals surface area contributed by atoms with Gasteiger partial charge in [0.05, 0.1) is 10.5 Å². The number of nitro groups is 1. The second kappa shape index (κ2) is 6.02. The van der Waals surface area contributed by atoms with Gasteiger partial charge in [0.2, 0.25) is 0 Å². The summed E-state index contributed by atoms with van der Waals surface area (Å²) < 4.78 is 0. The number of carbonyl (C=O) groups is 1. The van der Waals surface area contributed by atoms with Gasteiger partial charge in [-0.2, -0.15) is 0 Å². The molecule has 21 heavy (non-hydrogen) atoms. The summed E-state index contributed by atoms with van der Waals surface area (Å²) in [6, 6.07) is 5.60. The van der Waals surface area contributed by atoms with Crippen molar-refractivity contribution in [3.63, 3.8) is 0 Å². The van der Waals surface area contributed by atoms with E-state index in [-0.39, 0.29) is 27.2 Å². The molecule has 0 spiro atoms. The monoisotopic (exact) mass is 326 g/mol. The standard InChI is InChI=1S/C12H8Cl2N4O3/c1-6-2-3-9(18(20)21)8(4-6)15-12(19)7-5-10(13)16-17-11(7)14/h2-5H,1H3,(H,15,19). The van der Waals surface area contributed by atoms with Crippen molar-refractivity contribution in [1.29, 1.82) is 0 Å². The van der Waals surface area contributed by atoms with Crippen LogP contribution in [0.1, 0.15) is 15.9 Å². The van der Waals surface area contributed by atoms with E-state index in [1.165, 1.54) is 18.2 Å². The van der Waals surface area contributed by atoms with Crippen molar-refractivity contribution < 1.29 is 9.72 Å². The highest BCUT2D eigenvalue weighted by atomic mass is 35.5. The van der Waals surface area contributed by atoms with Gasteiger partial charge in [-0.3, -0.25) is 14.9 Å². The number of aryl methyl sites for hydroxylation is 1. The Hall–Kier alpha value is -2.25. The summed E-state index contributed by atoms with van der Waals surface area (Å²) >= 11 is 11.4. The summed E-state index contributed by atoms with van der Waals surface area (Å²) in [6.45, 7) is 1.75. The van der Waals surface area contributed by atoms with Gasteiger partial charge in [0, 0.05) is 6.07 Å². The molecule has 1 aromatic heterocycles. The third-order valence-electron chi connectivity index (χ3n) is 2.56. The maximum Gasteiger partial charge on any atom is 0.292 e. The van der Waals surface area contributed by atoms with Gasteiger partial charge in [-0.1, -0.05) is 29.3 Å². The molecular weight excluding hydrogens is 319 g/mol. The number of anilines is 1. The molecule has 0 radical (unpaired) electrons. The average Bonchev–Trinajstić information content (AvgIpc) is 2.41. The molecule has 1 N–H and O–H groups in total. The van der Waals surface area contributed by atoms with Crippen LogP contribution in [0.2, 0.25) is 10.3 Å². The number of hydrogen-bond donors (Lipinski definition) is 1. The van der Waals surface area contributed by atoms with Crippen LogP contribution in [-0.4, -0.2) is 21.0 Å². The van der Waals surface area contributed by atoms with E-state index in [1.54, 1.807) is 13.0 Å². The van der Waals surface area contributed by atoms with Crippen LogP contribution in [0.25, 0.3) is 0 Å². The smallest absolute Gasteiger partial charge is 0.292 e. The van der Waals surface area contributed by atoms with Crippen molar-refractivity contribution in [2.75, 3.05) is 5.32 Å². The first-order chi connectivity index (χ1) is 9.88. The van der Waals surface area contributed by atoms with Crippen LogP contribution in [0, 0.1) is 17.0 Å². The van der Waals surface area contributed by atoms with E-state index >= 15 is 0 Å². The SMILES string of the molecule is Cc1ccc([N+](=O)[O-])c(NC(=O)c2cc(Cl)nnc2Cl)c1. The summed E-state index contributed by atoms with van der Waals surface area (Å²) in [5.74, 6) is -0.662. The zero-order valence-electron chi connectivity index (χ0n) is 10.6. The molecule has 0 fully saturated rings. The van der Waals surface area contributed by atoms with Crippen molar-refractivity contribution in [1.82, 2.24) is 10.2 Å². The Morgan fingerprint density at radius 1 is 1.29 bits per heavy atom. The van der Waals surface area contributed by atoms with Crippen LogP contribution in [0.5, 0.6) is 0 Å². The van der Waals surface area contributed by atoms with Gasteiger partial charge >= 0.3 is 0 Å². The Bertz CT molecular complexity index is 736. The summed E-state index contributed by atoms with van der Waals surface area (Å²) in [7, 11) is 0. The second-order valence-corrected chi connectivity index (χ2v) is 4.85. The molecule has 0 unspecified atom stereocenters. The topological polar surface area (TPSA) is 98.0 Å². The molecule has 2 rings (SSSR count). The first-order valence-electron chi connectivity index (χ1n) is 5.63. The molecule has 1 amide bonds. The molecular formula is C12H8Cl2N4O3. The first-order valence-corrected chi connectivity index (χ1v) is 6.39. The normalized spacial score (nSPS) is 10.2. The van der Waals surface area contributed by atoms with Gasteiger partial charge in [0.1, 0.15) is 5.69 Å². The van der Waals surface area contributed by atoms with Crippen LogP contribution in [0.15, 0.2) is 24.3 Å². The minimum atomic E-state index is -0.662. The van der Waals surface area contributed by atoms with E-state index in [1.807, 2.05) is 0 Å². The quantitative estimate of drug-likeness (QED) is 0.689. The molecule has 1 heterocycles. The number of aromatic nitrogens is 2. The lowest BCUT2D eigenvalue weighted by Crippen LogP contribution is -2.14. The van der Waals surface area contributed by atoms with E-state index in [0.29, 0.717) is 0 Å². The highest BCUT2D eigenvalue weighted by Gasteiger charge is 2.19. The van der Waals surface area contributed by atoms with Crippen LogP contribution in [0.4, 0.5) is 11.4 Å². The highest BCUT2D eigenvalue weighted by Crippen LogP contribution is 2.26. The van der Waals surface area contributed by atoms with Crippen LogP contribution in [-0.2, 0) is 0 Å². The third kappa shape index (κ3) is 3.45. The largest absolute Gasteiger partial charge is 0.316 e. The number of amides is 1. The zero-order chi connectivity index (χ0) is 15.6. The Kier molecular flexibility index (Phi) is 4.35. The second-order valence-electron chi connectivity index (χ2n) is 4.10. The van der Waals surface area contributed by atoms with E-state index in [0.717, 1.165) is 5.56 Å². The summed E-state index contributed by atoms with van der Waals surface area (Å²) in [6.07, 6.45) is 0. The molecule has 0 aliphatic heterocycles. The fourth-order valence-corrected chi connectivity index (χ4v) is 1.94. The summed E-state index contributed by atoms with van der Waals surface area (Å²) in [5, 5.41) is 20.2. The highest BCUT2D eigenvalue weighted by molar-refractivity contribution is 6.34. The number of halogens is 2. The molecule has 0 saturated carbocycles. The number of hydrogen-bond acceptors (Lipinski definition) is 5. The van der Waals surface area contributed by atoms with Gasteiger partial charge in [-0.05, 0) is 24.6 Å². The van der Waals surface area contributed by atoms with Gasteiger partial charge in [-0.15, -0.1) is 10.2 Å². The molecule has 0 atom stereocenters. The predicted molar refractivity (Wildman–Crippen MR) is 77.8 cm³/mol. The third-order valence-corrected chi connectivity index (χ3v) is 3.02. The number of nitrogens with one attached hydrogen (secondary N) is 1. The zero-order valence-corrected chi connectivity index (χ0v) is 12.1. The van der Waals surface area contributed by atoms with Crippen LogP contribution in [0.3, 0.4) is 0 Å². The molecule has 1 aromatic carbocycles. The van der Waals surface area contributed by atoms with E-state index in [2.05, 4.69) is 15.5 Å². The predicted octanol–water partition coefficient (Wildman–Crippen LogP) is 3.25. The van der Waals surface area contributed by atoms with Crippen molar-refractivity contribution >= 4 is 40.5 Å². The maximum absolute atomic E-state index is 12.1. The lowest BCUT2D eigenvalue weighted by molar-refractivity contribution is -0.383. The van der Waals surface area contributed by atoms with Crippen molar-refractivity contribution in [3.8, 4) is 0 Å².